The van der Waals surface area contributed by atoms with Gasteiger partial charge >= 0.3 is 0 Å². The molecular weight excluding hydrogens is 369 g/mol. The Hall–Kier alpha value is 1.27. The van der Waals surface area contributed by atoms with E-state index in [0.29, 0.717) is 18.8 Å². The SMILES string of the molecule is CC(C)C(I)C1(Cl)CCCC(Cl)(Cl)C1=O. The van der Waals surface area contributed by atoms with Gasteiger partial charge in [-0.05, 0) is 25.2 Å². The molecule has 0 bridgehead atoms. The lowest BCUT2D eigenvalue weighted by atomic mass is 9.81. The van der Waals surface area contributed by atoms with Gasteiger partial charge in [0, 0.05) is 3.92 Å². The average molecular weight is 383 g/mol. The van der Waals surface area contributed by atoms with E-state index in [4.69, 9.17) is 34.8 Å². The normalized spacial score (nSPS) is 33.1. The summed E-state index contributed by atoms with van der Waals surface area (Å²) < 4.78 is -1.24. The quantitative estimate of drug-likeness (QED) is 0.512. The molecule has 0 N–H and O–H groups in total. The van der Waals surface area contributed by atoms with Crippen molar-refractivity contribution in [3.05, 3.63) is 0 Å². The Kier molecular flexibility index (Phi) is 4.65. The van der Waals surface area contributed by atoms with Crippen LogP contribution in [0.5, 0.6) is 0 Å². The van der Waals surface area contributed by atoms with Crippen LogP contribution in [0.3, 0.4) is 0 Å². The number of ketones is 1. The Morgan fingerprint density at radius 2 is 1.80 bits per heavy atom. The van der Waals surface area contributed by atoms with Gasteiger partial charge in [-0.15, -0.1) is 11.6 Å². The van der Waals surface area contributed by atoms with E-state index < -0.39 is 9.21 Å². The summed E-state index contributed by atoms with van der Waals surface area (Å²) in [6.45, 7) is 4.10. The highest BCUT2D eigenvalue weighted by atomic mass is 127. The zero-order valence-electron chi connectivity index (χ0n) is 8.70. The van der Waals surface area contributed by atoms with Crippen molar-refractivity contribution in [2.75, 3.05) is 0 Å². The van der Waals surface area contributed by atoms with Gasteiger partial charge in [0.1, 0.15) is 4.87 Å². The Morgan fingerprint density at radius 1 is 1.27 bits per heavy atom. The number of carbonyl (C=O) groups excluding carboxylic acids is 1. The molecular formula is C10H14Cl3IO. The summed E-state index contributed by atoms with van der Waals surface area (Å²) in [4.78, 5) is 11.2. The van der Waals surface area contributed by atoms with Gasteiger partial charge < -0.3 is 0 Å². The molecule has 2 atom stereocenters. The van der Waals surface area contributed by atoms with Gasteiger partial charge in [0.15, 0.2) is 10.1 Å². The molecule has 0 spiro atoms. The number of halogens is 4. The van der Waals surface area contributed by atoms with Crippen LogP contribution in [0.4, 0.5) is 0 Å². The lowest BCUT2D eigenvalue weighted by Crippen LogP contribution is -2.53. The first kappa shape index (κ1) is 14.3. The van der Waals surface area contributed by atoms with Gasteiger partial charge in [-0.3, -0.25) is 4.79 Å². The van der Waals surface area contributed by atoms with E-state index in [1.54, 1.807) is 0 Å². The van der Waals surface area contributed by atoms with Crippen LogP contribution in [-0.2, 0) is 4.79 Å². The van der Waals surface area contributed by atoms with Crippen LogP contribution in [-0.4, -0.2) is 18.9 Å². The zero-order chi connectivity index (χ0) is 11.9. The number of rotatable bonds is 2. The largest absolute Gasteiger partial charge is 0.294 e. The maximum absolute atomic E-state index is 12.1. The number of alkyl halides is 4. The molecule has 1 rings (SSSR count). The summed E-state index contributed by atoms with van der Waals surface area (Å²) in [7, 11) is 0. The standard InChI is InChI=1S/C10H14Cl3IO/c1-6(2)7(14)9(11)4-3-5-10(12,13)8(9)15/h6-7H,3-5H2,1-2H3. The number of hydrogen-bond acceptors (Lipinski definition) is 1. The minimum Gasteiger partial charge on any atom is -0.294 e. The van der Waals surface area contributed by atoms with E-state index in [2.05, 4.69) is 22.6 Å². The molecule has 1 saturated carbocycles. The van der Waals surface area contributed by atoms with Gasteiger partial charge in [-0.25, -0.2) is 0 Å². The van der Waals surface area contributed by atoms with Crippen molar-refractivity contribution in [1.82, 2.24) is 0 Å². The Labute approximate surface area is 119 Å². The molecule has 1 aliphatic carbocycles. The second kappa shape index (κ2) is 4.87. The molecule has 1 nitrogen and oxygen atoms in total. The summed E-state index contributed by atoms with van der Waals surface area (Å²) in [5.74, 6) is 0.105. The van der Waals surface area contributed by atoms with E-state index in [0.717, 1.165) is 6.42 Å². The predicted octanol–water partition coefficient (Wildman–Crippen LogP) is 4.35. The van der Waals surface area contributed by atoms with E-state index in [-0.39, 0.29) is 9.71 Å². The molecule has 1 fully saturated rings. The monoisotopic (exact) mass is 382 g/mol. The molecule has 0 heterocycles. The zero-order valence-corrected chi connectivity index (χ0v) is 13.1. The number of carbonyl (C=O) groups is 1. The minimum absolute atomic E-state index is 0.0569. The van der Waals surface area contributed by atoms with E-state index >= 15 is 0 Å². The highest BCUT2D eigenvalue weighted by molar-refractivity contribution is 14.1. The van der Waals surface area contributed by atoms with Crippen LogP contribution < -0.4 is 0 Å². The van der Waals surface area contributed by atoms with Gasteiger partial charge in [-0.2, -0.15) is 0 Å². The maximum atomic E-state index is 12.1. The molecule has 5 heteroatoms. The minimum atomic E-state index is -1.29. The van der Waals surface area contributed by atoms with Crippen LogP contribution in [0, 0.1) is 5.92 Å². The Morgan fingerprint density at radius 3 is 2.27 bits per heavy atom. The molecule has 2 unspecified atom stereocenters. The molecule has 0 aromatic rings. The third-order valence-electron chi connectivity index (χ3n) is 2.76. The smallest absolute Gasteiger partial charge is 0.190 e. The van der Waals surface area contributed by atoms with Crippen molar-refractivity contribution < 1.29 is 4.79 Å². The van der Waals surface area contributed by atoms with Crippen LogP contribution in [0.25, 0.3) is 0 Å². The van der Waals surface area contributed by atoms with Crippen LogP contribution >= 0.6 is 57.4 Å². The molecule has 0 radical (unpaired) electrons. The summed E-state index contributed by atoms with van der Waals surface area (Å²) in [5.41, 5.74) is 0. The third kappa shape index (κ3) is 2.75. The summed E-state index contributed by atoms with van der Waals surface area (Å²) >= 11 is 20.6. The van der Waals surface area contributed by atoms with Crippen LogP contribution in [0.1, 0.15) is 33.1 Å². The molecule has 88 valence electrons. The molecule has 1 aliphatic rings. The van der Waals surface area contributed by atoms with Crippen molar-refractivity contribution in [3.8, 4) is 0 Å². The van der Waals surface area contributed by atoms with E-state index in [9.17, 15) is 4.79 Å². The first-order chi connectivity index (χ1) is 6.72. The molecule has 15 heavy (non-hydrogen) atoms. The molecule has 0 aromatic carbocycles. The van der Waals surface area contributed by atoms with Gasteiger partial charge in [0.05, 0.1) is 0 Å². The highest BCUT2D eigenvalue weighted by Crippen LogP contribution is 2.48. The van der Waals surface area contributed by atoms with Gasteiger partial charge in [0.2, 0.25) is 0 Å². The van der Waals surface area contributed by atoms with Gasteiger partial charge in [0.25, 0.3) is 0 Å². The van der Waals surface area contributed by atoms with Crippen molar-refractivity contribution >= 4 is 63.2 Å². The highest BCUT2D eigenvalue weighted by Gasteiger charge is 2.54. The van der Waals surface area contributed by atoms with Gasteiger partial charge in [-0.1, -0.05) is 59.6 Å². The first-order valence-electron chi connectivity index (χ1n) is 4.97. The van der Waals surface area contributed by atoms with Crippen LogP contribution in [0.2, 0.25) is 0 Å². The first-order valence-corrected chi connectivity index (χ1v) is 7.35. The fourth-order valence-corrected chi connectivity index (χ4v) is 3.73. The molecule has 0 aromatic heterocycles. The molecule has 0 aliphatic heterocycles. The van der Waals surface area contributed by atoms with Crippen molar-refractivity contribution in [2.24, 2.45) is 5.92 Å². The number of hydrogen-bond donors (Lipinski definition) is 0. The average Bonchev–Trinajstić information content (AvgIpc) is 2.12. The molecule has 0 saturated heterocycles. The predicted molar refractivity (Wildman–Crippen MR) is 74.5 cm³/mol. The number of Topliss-reactive ketones (excluding diaryl/α,β-unsaturated/α-hetero) is 1. The van der Waals surface area contributed by atoms with E-state index in [1.165, 1.54) is 0 Å². The molecule has 0 amide bonds. The third-order valence-corrected chi connectivity index (χ3v) is 6.95. The summed E-state index contributed by atoms with van der Waals surface area (Å²) in [5, 5.41) is 0. The lowest BCUT2D eigenvalue weighted by Gasteiger charge is -2.40. The van der Waals surface area contributed by atoms with Crippen LogP contribution in [0.15, 0.2) is 0 Å². The van der Waals surface area contributed by atoms with Crippen molar-refractivity contribution in [2.45, 2.75) is 46.2 Å². The Bertz CT molecular complexity index is 267. The second-order valence-corrected chi connectivity index (χ2v) is 7.90. The summed E-state index contributed by atoms with van der Waals surface area (Å²) in [6, 6.07) is 0. The van der Waals surface area contributed by atoms with Crippen molar-refractivity contribution in [3.63, 3.8) is 0 Å². The van der Waals surface area contributed by atoms with Crippen molar-refractivity contribution in [1.29, 1.82) is 0 Å². The fourth-order valence-electron chi connectivity index (χ4n) is 1.89. The second-order valence-electron chi connectivity index (χ2n) is 4.40. The fraction of sp³-hybridized carbons (Fsp3) is 0.900. The van der Waals surface area contributed by atoms with E-state index in [1.807, 2.05) is 13.8 Å². The summed E-state index contributed by atoms with van der Waals surface area (Å²) in [6.07, 6.45) is 1.97. The lowest BCUT2D eigenvalue weighted by molar-refractivity contribution is -0.124. The Balaban J connectivity index is 2.97. The topological polar surface area (TPSA) is 17.1 Å². The maximum Gasteiger partial charge on any atom is 0.190 e.